The Balaban J connectivity index is 1.95. The number of hydrogen-bond donors (Lipinski definition) is 1. The van der Waals surface area contributed by atoms with Gasteiger partial charge in [-0.05, 0) is 12.8 Å². The van der Waals surface area contributed by atoms with Gasteiger partial charge in [-0.2, -0.15) is 5.10 Å². The minimum absolute atomic E-state index is 0.0359. The number of carboxylic acids is 1. The first-order valence-corrected chi connectivity index (χ1v) is 7.36. The van der Waals surface area contributed by atoms with E-state index >= 15 is 0 Å². The number of aliphatic carboxylic acids is 1. The van der Waals surface area contributed by atoms with Crippen molar-refractivity contribution < 1.29 is 9.90 Å². The van der Waals surface area contributed by atoms with Crippen LogP contribution in [-0.4, -0.2) is 25.8 Å². The second kappa shape index (κ2) is 5.68. The van der Waals surface area contributed by atoms with Crippen LogP contribution in [0.1, 0.15) is 37.4 Å². The summed E-state index contributed by atoms with van der Waals surface area (Å²) in [5.74, 6) is 0.365. The van der Waals surface area contributed by atoms with Gasteiger partial charge in [0.15, 0.2) is 5.82 Å². The van der Waals surface area contributed by atoms with Crippen molar-refractivity contribution in [3.05, 3.63) is 36.2 Å². The van der Waals surface area contributed by atoms with Gasteiger partial charge in [0.2, 0.25) is 0 Å². The van der Waals surface area contributed by atoms with Crippen LogP contribution in [0.5, 0.6) is 0 Å². The predicted octanol–water partition coefficient (Wildman–Crippen LogP) is 2.84. The van der Waals surface area contributed by atoms with Crippen LogP contribution in [0.15, 0.2) is 30.3 Å². The summed E-state index contributed by atoms with van der Waals surface area (Å²) in [6, 6.07) is 9.79. The molecule has 3 rings (SSSR count). The Morgan fingerprint density at radius 3 is 2.67 bits per heavy atom. The number of hydrogen-bond acceptors (Lipinski definition) is 3. The van der Waals surface area contributed by atoms with Crippen LogP contribution < -0.4 is 0 Å². The standard InChI is InChI=1S/C16H19N3O2/c1-19-15(12-9-5-6-10-13(12)16(20)21)17-14(18-19)11-7-3-2-4-8-11/h2-4,7-8,12-13H,5-6,9-10H2,1H3,(H,20,21). The number of rotatable bonds is 3. The first kappa shape index (κ1) is 13.8. The molecule has 21 heavy (non-hydrogen) atoms. The van der Waals surface area contributed by atoms with Gasteiger partial charge in [0.25, 0.3) is 0 Å². The van der Waals surface area contributed by atoms with Gasteiger partial charge in [0.1, 0.15) is 5.82 Å². The molecule has 1 fully saturated rings. The average Bonchev–Trinajstić information content (AvgIpc) is 2.90. The second-order valence-electron chi connectivity index (χ2n) is 5.62. The van der Waals surface area contributed by atoms with E-state index in [0.717, 1.165) is 37.1 Å². The van der Waals surface area contributed by atoms with Crippen molar-refractivity contribution in [2.24, 2.45) is 13.0 Å². The van der Waals surface area contributed by atoms with Gasteiger partial charge in [0.05, 0.1) is 5.92 Å². The molecule has 1 saturated carbocycles. The minimum atomic E-state index is -0.719. The van der Waals surface area contributed by atoms with Crippen molar-refractivity contribution in [2.75, 3.05) is 0 Å². The van der Waals surface area contributed by atoms with Crippen molar-refractivity contribution in [2.45, 2.75) is 31.6 Å². The third-order valence-corrected chi connectivity index (χ3v) is 4.24. The van der Waals surface area contributed by atoms with Crippen LogP contribution >= 0.6 is 0 Å². The third-order valence-electron chi connectivity index (χ3n) is 4.24. The first-order chi connectivity index (χ1) is 10.2. The maximum Gasteiger partial charge on any atom is 0.307 e. The van der Waals surface area contributed by atoms with Crippen LogP contribution in [0.4, 0.5) is 0 Å². The Hall–Kier alpha value is -2.17. The Morgan fingerprint density at radius 1 is 1.24 bits per heavy atom. The number of nitrogens with zero attached hydrogens (tertiary/aromatic N) is 3. The molecule has 1 aliphatic carbocycles. The van der Waals surface area contributed by atoms with E-state index in [9.17, 15) is 9.90 Å². The molecule has 1 aromatic carbocycles. The maximum absolute atomic E-state index is 11.5. The quantitative estimate of drug-likeness (QED) is 0.941. The lowest BCUT2D eigenvalue weighted by Gasteiger charge is -2.27. The molecule has 2 atom stereocenters. The molecule has 0 saturated heterocycles. The van der Waals surface area contributed by atoms with Gasteiger partial charge in [0, 0.05) is 18.5 Å². The highest BCUT2D eigenvalue weighted by molar-refractivity contribution is 5.71. The van der Waals surface area contributed by atoms with Crippen LogP contribution in [-0.2, 0) is 11.8 Å². The Bertz CT molecular complexity index is 636. The monoisotopic (exact) mass is 285 g/mol. The van der Waals surface area contributed by atoms with Crippen LogP contribution in [0.25, 0.3) is 11.4 Å². The van der Waals surface area contributed by atoms with Crippen molar-refractivity contribution in [1.82, 2.24) is 14.8 Å². The molecule has 110 valence electrons. The molecule has 2 unspecified atom stereocenters. The van der Waals surface area contributed by atoms with E-state index in [2.05, 4.69) is 10.1 Å². The minimum Gasteiger partial charge on any atom is -0.481 e. The molecule has 1 aliphatic rings. The van der Waals surface area contributed by atoms with Crippen LogP contribution in [0.2, 0.25) is 0 Å². The van der Waals surface area contributed by atoms with E-state index in [1.54, 1.807) is 4.68 Å². The predicted molar refractivity (Wildman–Crippen MR) is 78.8 cm³/mol. The van der Waals surface area contributed by atoms with Crippen molar-refractivity contribution in [3.63, 3.8) is 0 Å². The summed E-state index contributed by atoms with van der Waals surface area (Å²) >= 11 is 0. The molecule has 5 nitrogen and oxygen atoms in total. The topological polar surface area (TPSA) is 68.0 Å². The Morgan fingerprint density at radius 2 is 1.95 bits per heavy atom. The van der Waals surface area contributed by atoms with Crippen molar-refractivity contribution >= 4 is 5.97 Å². The number of aryl methyl sites for hydroxylation is 1. The number of benzene rings is 1. The molecule has 2 aromatic rings. The normalized spacial score (nSPS) is 22.1. The fourth-order valence-electron chi connectivity index (χ4n) is 3.16. The molecule has 1 aromatic heterocycles. The van der Waals surface area contributed by atoms with Gasteiger partial charge >= 0.3 is 5.97 Å². The summed E-state index contributed by atoms with van der Waals surface area (Å²) < 4.78 is 1.74. The Kier molecular flexibility index (Phi) is 3.73. The smallest absolute Gasteiger partial charge is 0.307 e. The highest BCUT2D eigenvalue weighted by Gasteiger charge is 2.35. The maximum atomic E-state index is 11.5. The third kappa shape index (κ3) is 2.68. The molecule has 1 heterocycles. The zero-order valence-electron chi connectivity index (χ0n) is 12.1. The van der Waals surface area contributed by atoms with Gasteiger partial charge in [-0.25, -0.2) is 4.98 Å². The molecule has 1 N–H and O–H groups in total. The highest BCUT2D eigenvalue weighted by atomic mass is 16.4. The van der Waals surface area contributed by atoms with E-state index < -0.39 is 5.97 Å². The molecule has 0 bridgehead atoms. The molecule has 0 radical (unpaired) electrons. The Labute approximate surface area is 123 Å². The number of carboxylic acid groups (broad SMARTS) is 1. The second-order valence-corrected chi connectivity index (χ2v) is 5.62. The van der Waals surface area contributed by atoms with Gasteiger partial charge in [-0.3, -0.25) is 9.48 Å². The molecule has 5 heteroatoms. The summed E-state index contributed by atoms with van der Waals surface area (Å²) in [6.07, 6.45) is 3.64. The van der Waals surface area contributed by atoms with Crippen LogP contribution in [0, 0.1) is 5.92 Å². The molecule has 0 spiro atoms. The number of aromatic nitrogens is 3. The first-order valence-electron chi connectivity index (χ1n) is 7.36. The van der Waals surface area contributed by atoms with Crippen LogP contribution in [0.3, 0.4) is 0 Å². The van der Waals surface area contributed by atoms with E-state index in [1.807, 2.05) is 37.4 Å². The SMILES string of the molecule is Cn1nc(-c2ccccc2)nc1C1CCCCC1C(=O)O. The van der Waals surface area contributed by atoms with Crippen molar-refractivity contribution in [3.8, 4) is 11.4 Å². The zero-order chi connectivity index (χ0) is 14.8. The summed E-state index contributed by atoms with van der Waals surface area (Å²) in [6.45, 7) is 0. The molecular weight excluding hydrogens is 266 g/mol. The fraction of sp³-hybridized carbons (Fsp3) is 0.438. The summed E-state index contributed by atoms with van der Waals surface area (Å²) in [7, 11) is 1.85. The molecular formula is C16H19N3O2. The summed E-state index contributed by atoms with van der Waals surface area (Å²) in [5, 5.41) is 13.9. The lowest BCUT2D eigenvalue weighted by Crippen LogP contribution is -2.27. The van der Waals surface area contributed by atoms with E-state index in [4.69, 9.17) is 0 Å². The highest BCUT2D eigenvalue weighted by Crippen LogP contribution is 2.37. The molecule has 0 amide bonds. The lowest BCUT2D eigenvalue weighted by atomic mass is 9.79. The number of carbonyl (C=O) groups is 1. The van der Waals surface area contributed by atoms with Crippen molar-refractivity contribution in [1.29, 1.82) is 0 Å². The van der Waals surface area contributed by atoms with Gasteiger partial charge in [-0.15, -0.1) is 0 Å². The van der Waals surface area contributed by atoms with E-state index in [-0.39, 0.29) is 11.8 Å². The molecule has 0 aliphatic heterocycles. The van der Waals surface area contributed by atoms with E-state index in [0.29, 0.717) is 5.82 Å². The van der Waals surface area contributed by atoms with Gasteiger partial charge < -0.3 is 5.11 Å². The average molecular weight is 285 g/mol. The summed E-state index contributed by atoms with van der Waals surface area (Å²) in [4.78, 5) is 16.1. The van der Waals surface area contributed by atoms with Gasteiger partial charge in [-0.1, -0.05) is 43.2 Å². The summed E-state index contributed by atoms with van der Waals surface area (Å²) in [5.41, 5.74) is 0.960. The zero-order valence-corrected chi connectivity index (χ0v) is 12.1. The van der Waals surface area contributed by atoms with E-state index in [1.165, 1.54) is 0 Å². The largest absolute Gasteiger partial charge is 0.481 e. The lowest BCUT2D eigenvalue weighted by molar-refractivity contribution is -0.143. The fourth-order valence-corrected chi connectivity index (χ4v) is 3.16.